The second-order valence-corrected chi connectivity index (χ2v) is 5.01. The summed E-state index contributed by atoms with van der Waals surface area (Å²) in [5.41, 5.74) is 2.64. The van der Waals surface area contributed by atoms with Crippen LogP contribution in [-0.2, 0) is 6.54 Å². The molecule has 0 aliphatic carbocycles. The average Bonchev–Trinajstić information content (AvgIpc) is 2.72. The Bertz CT molecular complexity index is 492. The minimum Gasteiger partial charge on any atom is -0.467 e. The van der Waals surface area contributed by atoms with E-state index in [2.05, 4.69) is 59.4 Å². The van der Waals surface area contributed by atoms with Gasteiger partial charge in [-0.05, 0) is 47.0 Å². The molecule has 3 heteroatoms. The third-order valence-electron chi connectivity index (χ3n) is 2.91. The highest BCUT2D eigenvalue weighted by Crippen LogP contribution is 2.20. The molecule has 90 valence electrons. The predicted octanol–water partition coefficient (Wildman–Crippen LogP) is 4.20. The summed E-state index contributed by atoms with van der Waals surface area (Å²) in [6.07, 6.45) is 1.69. The molecule has 0 aliphatic heterocycles. The fourth-order valence-corrected chi connectivity index (χ4v) is 2.22. The van der Waals surface area contributed by atoms with Crippen LogP contribution in [0.25, 0.3) is 0 Å². The summed E-state index contributed by atoms with van der Waals surface area (Å²) in [5.74, 6) is 0.936. The van der Waals surface area contributed by atoms with Gasteiger partial charge in [0, 0.05) is 6.04 Å². The molecule has 1 heterocycles. The van der Waals surface area contributed by atoms with Gasteiger partial charge in [0.2, 0.25) is 0 Å². The Labute approximate surface area is 110 Å². The van der Waals surface area contributed by atoms with Crippen molar-refractivity contribution in [3.05, 3.63) is 58.0 Å². The molecule has 0 amide bonds. The van der Waals surface area contributed by atoms with Gasteiger partial charge in [0.25, 0.3) is 0 Å². The summed E-state index contributed by atoms with van der Waals surface area (Å²) in [6.45, 7) is 5.03. The van der Waals surface area contributed by atoms with Crippen molar-refractivity contribution < 1.29 is 4.42 Å². The van der Waals surface area contributed by atoms with Crippen LogP contribution >= 0.6 is 15.9 Å². The van der Waals surface area contributed by atoms with Gasteiger partial charge in [-0.15, -0.1) is 0 Å². The molecule has 2 aromatic rings. The van der Waals surface area contributed by atoms with Crippen LogP contribution in [0.2, 0.25) is 0 Å². The molecule has 0 unspecified atom stereocenters. The van der Waals surface area contributed by atoms with Crippen molar-refractivity contribution in [1.29, 1.82) is 0 Å². The standard InChI is InChI=1S/C14H16BrNO/c1-10-5-3-4-6-12(10)11(2)16-9-14-13(15)7-8-17-14/h3-8,11,16H,9H2,1-2H3/t11-/m1/s1. The van der Waals surface area contributed by atoms with E-state index in [0.29, 0.717) is 6.04 Å². The van der Waals surface area contributed by atoms with Gasteiger partial charge in [0.05, 0.1) is 17.3 Å². The summed E-state index contributed by atoms with van der Waals surface area (Å²) in [7, 11) is 0. The van der Waals surface area contributed by atoms with Crippen molar-refractivity contribution in [2.45, 2.75) is 26.4 Å². The highest BCUT2D eigenvalue weighted by Gasteiger charge is 2.09. The lowest BCUT2D eigenvalue weighted by Crippen LogP contribution is -2.18. The molecule has 0 spiro atoms. The normalized spacial score (nSPS) is 12.6. The lowest BCUT2D eigenvalue weighted by molar-refractivity contribution is 0.458. The molecule has 0 bridgehead atoms. The Hall–Kier alpha value is -1.06. The lowest BCUT2D eigenvalue weighted by atomic mass is 10.0. The molecule has 1 aromatic carbocycles. The maximum absolute atomic E-state index is 5.37. The second-order valence-electron chi connectivity index (χ2n) is 4.15. The van der Waals surface area contributed by atoms with Gasteiger partial charge in [-0.25, -0.2) is 0 Å². The van der Waals surface area contributed by atoms with E-state index in [1.807, 2.05) is 6.07 Å². The van der Waals surface area contributed by atoms with Gasteiger partial charge >= 0.3 is 0 Å². The summed E-state index contributed by atoms with van der Waals surface area (Å²) < 4.78 is 6.39. The van der Waals surface area contributed by atoms with E-state index in [4.69, 9.17) is 4.42 Å². The molecule has 17 heavy (non-hydrogen) atoms. The first-order valence-corrected chi connectivity index (χ1v) is 6.48. The van der Waals surface area contributed by atoms with Crippen molar-refractivity contribution in [1.82, 2.24) is 5.32 Å². The molecule has 0 saturated heterocycles. The maximum Gasteiger partial charge on any atom is 0.131 e. The summed E-state index contributed by atoms with van der Waals surface area (Å²) >= 11 is 3.45. The molecule has 0 radical (unpaired) electrons. The van der Waals surface area contributed by atoms with Crippen molar-refractivity contribution in [2.24, 2.45) is 0 Å². The third kappa shape index (κ3) is 2.99. The first-order valence-electron chi connectivity index (χ1n) is 5.69. The van der Waals surface area contributed by atoms with Crippen LogP contribution in [0.1, 0.15) is 29.9 Å². The number of hydrogen-bond donors (Lipinski definition) is 1. The number of rotatable bonds is 4. The minimum absolute atomic E-state index is 0.313. The molecule has 1 atom stereocenters. The van der Waals surface area contributed by atoms with Crippen LogP contribution in [0.3, 0.4) is 0 Å². The maximum atomic E-state index is 5.37. The Morgan fingerprint density at radius 3 is 2.71 bits per heavy atom. The van der Waals surface area contributed by atoms with E-state index in [9.17, 15) is 0 Å². The molecule has 0 fully saturated rings. The van der Waals surface area contributed by atoms with Gasteiger partial charge in [0.15, 0.2) is 0 Å². The van der Waals surface area contributed by atoms with Crippen LogP contribution in [0.5, 0.6) is 0 Å². The van der Waals surface area contributed by atoms with Crippen LogP contribution in [0.15, 0.2) is 45.5 Å². The summed E-state index contributed by atoms with van der Waals surface area (Å²) in [6, 6.07) is 10.7. The largest absolute Gasteiger partial charge is 0.467 e. The number of aryl methyl sites for hydroxylation is 1. The lowest BCUT2D eigenvalue weighted by Gasteiger charge is -2.15. The Morgan fingerprint density at radius 1 is 1.29 bits per heavy atom. The van der Waals surface area contributed by atoms with E-state index >= 15 is 0 Å². The predicted molar refractivity (Wildman–Crippen MR) is 72.8 cm³/mol. The molecular weight excluding hydrogens is 278 g/mol. The molecule has 2 rings (SSSR count). The molecular formula is C14H16BrNO. The number of nitrogens with one attached hydrogen (secondary N) is 1. The van der Waals surface area contributed by atoms with Gasteiger partial charge in [-0.2, -0.15) is 0 Å². The quantitative estimate of drug-likeness (QED) is 0.914. The van der Waals surface area contributed by atoms with Crippen molar-refractivity contribution >= 4 is 15.9 Å². The molecule has 0 saturated carbocycles. The molecule has 1 N–H and O–H groups in total. The SMILES string of the molecule is Cc1ccccc1[C@@H](C)NCc1occc1Br. The van der Waals surface area contributed by atoms with Crippen LogP contribution in [-0.4, -0.2) is 0 Å². The highest BCUT2D eigenvalue weighted by molar-refractivity contribution is 9.10. The zero-order valence-electron chi connectivity index (χ0n) is 10.0. The fourth-order valence-electron chi connectivity index (χ4n) is 1.88. The zero-order chi connectivity index (χ0) is 12.3. The van der Waals surface area contributed by atoms with Gasteiger partial charge in [-0.1, -0.05) is 24.3 Å². The monoisotopic (exact) mass is 293 g/mol. The fraction of sp³-hybridized carbons (Fsp3) is 0.286. The van der Waals surface area contributed by atoms with Crippen molar-refractivity contribution in [2.75, 3.05) is 0 Å². The van der Waals surface area contributed by atoms with Gasteiger partial charge in [-0.3, -0.25) is 0 Å². The highest BCUT2D eigenvalue weighted by atomic mass is 79.9. The van der Waals surface area contributed by atoms with Crippen LogP contribution in [0.4, 0.5) is 0 Å². The average molecular weight is 294 g/mol. The summed E-state index contributed by atoms with van der Waals surface area (Å²) in [4.78, 5) is 0. The van der Waals surface area contributed by atoms with Gasteiger partial charge in [0.1, 0.15) is 5.76 Å². The first kappa shape index (κ1) is 12.4. The number of halogens is 1. The summed E-state index contributed by atoms with van der Waals surface area (Å²) in [5, 5.41) is 3.46. The van der Waals surface area contributed by atoms with E-state index in [1.54, 1.807) is 6.26 Å². The Balaban J connectivity index is 2.01. The topological polar surface area (TPSA) is 25.2 Å². The van der Waals surface area contributed by atoms with E-state index in [1.165, 1.54) is 11.1 Å². The smallest absolute Gasteiger partial charge is 0.131 e. The molecule has 1 aromatic heterocycles. The first-order chi connectivity index (χ1) is 8.18. The van der Waals surface area contributed by atoms with Crippen LogP contribution in [0, 0.1) is 6.92 Å². The van der Waals surface area contributed by atoms with Crippen molar-refractivity contribution in [3.8, 4) is 0 Å². The Kier molecular flexibility index (Phi) is 4.02. The minimum atomic E-state index is 0.313. The molecule has 0 aliphatic rings. The second kappa shape index (κ2) is 5.52. The van der Waals surface area contributed by atoms with Crippen molar-refractivity contribution in [3.63, 3.8) is 0 Å². The van der Waals surface area contributed by atoms with Crippen LogP contribution < -0.4 is 5.32 Å². The number of furan rings is 1. The van der Waals surface area contributed by atoms with E-state index in [0.717, 1.165) is 16.8 Å². The third-order valence-corrected chi connectivity index (χ3v) is 3.62. The Morgan fingerprint density at radius 2 is 2.06 bits per heavy atom. The van der Waals surface area contributed by atoms with E-state index < -0.39 is 0 Å². The van der Waals surface area contributed by atoms with E-state index in [-0.39, 0.29) is 0 Å². The number of hydrogen-bond acceptors (Lipinski definition) is 2. The molecule has 2 nitrogen and oxygen atoms in total. The number of benzene rings is 1. The zero-order valence-corrected chi connectivity index (χ0v) is 11.6. The van der Waals surface area contributed by atoms with Gasteiger partial charge < -0.3 is 9.73 Å².